The van der Waals surface area contributed by atoms with Gasteiger partial charge in [-0.25, -0.2) is 0 Å². The monoisotopic (exact) mass is 466 g/mol. The molecule has 0 amide bonds. The van der Waals surface area contributed by atoms with Crippen LogP contribution in [-0.4, -0.2) is 66.1 Å². The SMILES string of the molecule is CC1(C)Cc2cc(O)ccc2[C@H](c2ccc(OCCN3CC(CF)C3)cc2)N1CC(F)(F)F. The molecule has 1 saturated heterocycles. The minimum atomic E-state index is -4.34. The Morgan fingerprint density at radius 2 is 1.79 bits per heavy atom. The van der Waals surface area contributed by atoms with Crippen molar-refractivity contribution in [3.05, 3.63) is 59.2 Å². The first kappa shape index (κ1) is 23.8. The van der Waals surface area contributed by atoms with E-state index in [1.165, 1.54) is 11.0 Å². The second kappa shape index (κ2) is 9.14. The molecule has 1 fully saturated rings. The predicted octanol–water partition coefficient (Wildman–Crippen LogP) is 4.96. The fourth-order valence-electron chi connectivity index (χ4n) is 4.95. The fraction of sp³-hybridized carbons (Fsp3) is 0.520. The minimum absolute atomic E-state index is 0.108. The Hall–Kier alpha value is -2.32. The molecule has 33 heavy (non-hydrogen) atoms. The molecule has 2 aliphatic rings. The number of fused-ring (bicyclic) bond motifs is 1. The average Bonchev–Trinajstić information content (AvgIpc) is 2.70. The summed E-state index contributed by atoms with van der Waals surface area (Å²) >= 11 is 0. The van der Waals surface area contributed by atoms with Crippen molar-refractivity contribution < 1.29 is 27.4 Å². The summed E-state index contributed by atoms with van der Waals surface area (Å²) < 4.78 is 58.9. The zero-order valence-electron chi connectivity index (χ0n) is 18.9. The van der Waals surface area contributed by atoms with Gasteiger partial charge in [-0.3, -0.25) is 14.2 Å². The smallest absolute Gasteiger partial charge is 0.401 e. The highest BCUT2D eigenvalue weighted by Crippen LogP contribution is 2.44. The maximum Gasteiger partial charge on any atom is 0.401 e. The molecule has 0 aliphatic carbocycles. The van der Waals surface area contributed by atoms with Crippen LogP contribution in [0.2, 0.25) is 0 Å². The largest absolute Gasteiger partial charge is 0.508 e. The molecule has 0 spiro atoms. The van der Waals surface area contributed by atoms with Crippen LogP contribution in [0, 0.1) is 5.92 Å². The Bertz CT molecular complexity index is 956. The highest BCUT2D eigenvalue weighted by atomic mass is 19.4. The Labute approximate surface area is 191 Å². The van der Waals surface area contributed by atoms with Gasteiger partial charge < -0.3 is 9.84 Å². The fourth-order valence-corrected chi connectivity index (χ4v) is 4.95. The van der Waals surface area contributed by atoms with E-state index < -0.39 is 24.3 Å². The van der Waals surface area contributed by atoms with Gasteiger partial charge in [0.25, 0.3) is 0 Å². The van der Waals surface area contributed by atoms with Gasteiger partial charge in [-0.05, 0) is 61.2 Å². The number of rotatable bonds is 7. The zero-order chi connectivity index (χ0) is 23.8. The highest BCUT2D eigenvalue weighted by molar-refractivity contribution is 5.45. The summed E-state index contributed by atoms with van der Waals surface area (Å²) in [7, 11) is 0. The number of nitrogens with zero attached hydrogens (tertiary/aromatic N) is 2. The molecule has 2 aromatic carbocycles. The van der Waals surface area contributed by atoms with Crippen molar-refractivity contribution in [3.63, 3.8) is 0 Å². The molecule has 0 radical (unpaired) electrons. The lowest BCUT2D eigenvalue weighted by Crippen LogP contribution is -2.54. The van der Waals surface area contributed by atoms with Gasteiger partial charge in [-0.1, -0.05) is 18.2 Å². The number of phenolic OH excluding ortho intramolecular Hbond substituents is 1. The second-order valence-corrected chi connectivity index (χ2v) is 9.72. The van der Waals surface area contributed by atoms with E-state index in [-0.39, 0.29) is 18.3 Å². The molecule has 8 heteroatoms. The van der Waals surface area contributed by atoms with Crippen LogP contribution in [0.15, 0.2) is 42.5 Å². The topological polar surface area (TPSA) is 35.9 Å². The number of alkyl halides is 4. The molecule has 2 heterocycles. The number of hydrogen-bond donors (Lipinski definition) is 1. The van der Waals surface area contributed by atoms with Gasteiger partial charge in [0.15, 0.2) is 0 Å². The van der Waals surface area contributed by atoms with Crippen LogP contribution in [0.25, 0.3) is 0 Å². The molecule has 0 saturated carbocycles. The molecular formula is C25H30F4N2O2. The van der Waals surface area contributed by atoms with Crippen molar-refractivity contribution in [2.24, 2.45) is 5.92 Å². The van der Waals surface area contributed by atoms with E-state index in [2.05, 4.69) is 4.90 Å². The van der Waals surface area contributed by atoms with E-state index in [9.17, 15) is 22.7 Å². The van der Waals surface area contributed by atoms with Crippen molar-refractivity contribution in [2.45, 2.75) is 38.0 Å². The third kappa shape index (κ3) is 5.44. The van der Waals surface area contributed by atoms with Crippen molar-refractivity contribution in [2.75, 3.05) is 39.5 Å². The number of phenols is 1. The van der Waals surface area contributed by atoms with Crippen LogP contribution in [0.5, 0.6) is 11.5 Å². The van der Waals surface area contributed by atoms with Gasteiger partial charge in [0.1, 0.15) is 18.1 Å². The summed E-state index contributed by atoms with van der Waals surface area (Å²) in [4.78, 5) is 3.62. The van der Waals surface area contributed by atoms with Gasteiger partial charge in [-0.2, -0.15) is 13.2 Å². The van der Waals surface area contributed by atoms with E-state index in [1.807, 2.05) is 12.1 Å². The summed E-state index contributed by atoms with van der Waals surface area (Å²) in [6, 6.07) is 11.5. The van der Waals surface area contributed by atoms with Crippen LogP contribution in [0.3, 0.4) is 0 Å². The number of hydrogen-bond acceptors (Lipinski definition) is 4. The van der Waals surface area contributed by atoms with E-state index in [0.29, 0.717) is 25.3 Å². The maximum absolute atomic E-state index is 13.5. The van der Waals surface area contributed by atoms with E-state index >= 15 is 0 Å². The molecule has 0 aromatic heterocycles. The summed E-state index contributed by atoms with van der Waals surface area (Å²) in [6.07, 6.45) is -3.94. The molecule has 4 nitrogen and oxygen atoms in total. The Balaban J connectivity index is 1.54. The van der Waals surface area contributed by atoms with Crippen LogP contribution in [0.1, 0.15) is 36.6 Å². The predicted molar refractivity (Wildman–Crippen MR) is 118 cm³/mol. The second-order valence-electron chi connectivity index (χ2n) is 9.72. The lowest BCUT2D eigenvalue weighted by Gasteiger charge is -2.49. The summed E-state index contributed by atoms with van der Waals surface area (Å²) in [5, 5.41) is 9.94. The van der Waals surface area contributed by atoms with E-state index in [0.717, 1.165) is 29.8 Å². The third-order valence-corrected chi connectivity index (χ3v) is 6.61. The molecule has 1 N–H and O–H groups in total. The average molecular weight is 467 g/mol. The molecule has 180 valence electrons. The summed E-state index contributed by atoms with van der Waals surface area (Å²) in [5.41, 5.74) is 1.60. The van der Waals surface area contributed by atoms with Crippen molar-refractivity contribution in [3.8, 4) is 11.5 Å². The van der Waals surface area contributed by atoms with Crippen LogP contribution >= 0.6 is 0 Å². The lowest BCUT2D eigenvalue weighted by molar-refractivity contribution is -0.164. The van der Waals surface area contributed by atoms with Crippen molar-refractivity contribution in [1.29, 1.82) is 0 Å². The first-order valence-electron chi connectivity index (χ1n) is 11.2. The molecular weight excluding hydrogens is 436 g/mol. The number of aromatic hydroxyl groups is 1. The normalized spacial score (nSPS) is 21.5. The maximum atomic E-state index is 13.5. The lowest BCUT2D eigenvalue weighted by atomic mass is 9.79. The number of halogens is 4. The molecule has 0 unspecified atom stereocenters. The first-order chi connectivity index (χ1) is 15.6. The quantitative estimate of drug-likeness (QED) is 0.585. The number of ether oxygens (including phenoxy) is 1. The zero-order valence-corrected chi connectivity index (χ0v) is 18.9. The van der Waals surface area contributed by atoms with Crippen molar-refractivity contribution in [1.82, 2.24) is 9.80 Å². The van der Waals surface area contributed by atoms with Gasteiger partial charge in [0, 0.05) is 31.1 Å². The van der Waals surface area contributed by atoms with Gasteiger partial charge in [0.05, 0.1) is 19.3 Å². The van der Waals surface area contributed by atoms with E-state index in [1.54, 1.807) is 38.1 Å². The molecule has 0 bridgehead atoms. The molecule has 4 rings (SSSR count). The first-order valence-corrected chi connectivity index (χ1v) is 11.2. The minimum Gasteiger partial charge on any atom is -0.508 e. The Morgan fingerprint density at radius 3 is 2.42 bits per heavy atom. The Morgan fingerprint density at radius 1 is 1.09 bits per heavy atom. The third-order valence-electron chi connectivity index (χ3n) is 6.61. The van der Waals surface area contributed by atoms with E-state index in [4.69, 9.17) is 4.74 Å². The van der Waals surface area contributed by atoms with Crippen molar-refractivity contribution >= 4 is 0 Å². The molecule has 2 aliphatic heterocycles. The molecule has 1 atom stereocenters. The van der Waals surface area contributed by atoms with Gasteiger partial charge in [0.2, 0.25) is 0 Å². The standard InChI is InChI=1S/C25H30F4N2O2/c1-24(2)12-19-11-20(32)5-8-22(19)23(31(24)16-25(27,28)29)18-3-6-21(7-4-18)33-10-9-30-14-17(13-26)15-30/h3-8,11,17,23,32H,9-10,12-16H2,1-2H3/t23-/m0/s1. The number of benzene rings is 2. The molecule has 2 aromatic rings. The van der Waals surface area contributed by atoms with Crippen LogP contribution in [0.4, 0.5) is 17.6 Å². The Kier molecular flexibility index (Phi) is 6.60. The summed E-state index contributed by atoms with van der Waals surface area (Å²) in [6.45, 7) is 4.98. The number of likely N-dealkylation sites (tertiary alicyclic amines) is 1. The van der Waals surface area contributed by atoms with Crippen LogP contribution < -0.4 is 4.74 Å². The van der Waals surface area contributed by atoms with Gasteiger partial charge >= 0.3 is 6.18 Å². The van der Waals surface area contributed by atoms with Crippen LogP contribution in [-0.2, 0) is 6.42 Å². The van der Waals surface area contributed by atoms with Gasteiger partial charge in [-0.15, -0.1) is 0 Å². The summed E-state index contributed by atoms with van der Waals surface area (Å²) in [5.74, 6) is 0.884. The highest BCUT2D eigenvalue weighted by Gasteiger charge is 2.45.